The molecule has 4 heterocycles. The Morgan fingerprint density at radius 3 is 2.38 bits per heavy atom. The number of halogens is 1. The van der Waals surface area contributed by atoms with E-state index < -0.39 is 0 Å². The number of hydrogen-bond acceptors (Lipinski definition) is 7. The Bertz CT molecular complexity index is 1150. The van der Waals surface area contributed by atoms with Crippen LogP contribution in [-0.2, 0) is 0 Å². The van der Waals surface area contributed by atoms with E-state index in [4.69, 9.17) is 16.6 Å². The molecule has 146 valence electrons. The third-order valence-corrected chi connectivity index (χ3v) is 5.20. The number of fused-ring (bicyclic) bond motifs is 1. The largest absolute Gasteiger partial charge is 0.353 e. The summed E-state index contributed by atoms with van der Waals surface area (Å²) in [7, 11) is 0. The molecule has 0 unspecified atom stereocenters. The van der Waals surface area contributed by atoms with Gasteiger partial charge in [-0.05, 0) is 31.2 Å². The summed E-state index contributed by atoms with van der Waals surface area (Å²) < 4.78 is 1.76. The Kier molecular flexibility index (Phi) is 4.48. The second kappa shape index (κ2) is 7.29. The maximum absolute atomic E-state index is 6.04. The smallest absolute Gasteiger partial charge is 0.159 e. The van der Waals surface area contributed by atoms with Gasteiger partial charge in [0.15, 0.2) is 5.82 Å². The number of benzene rings is 1. The lowest BCUT2D eigenvalue weighted by Crippen LogP contribution is -2.47. The molecule has 0 N–H and O–H groups in total. The molecule has 1 aliphatic rings. The minimum atomic E-state index is 0.669. The molecule has 0 bridgehead atoms. The van der Waals surface area contributed by atoms with Crippen LogP contribution in [0.2, 0.25) is 5.02 Å². The van der Waals surface area contributed by atoms with Crippen LogP contribution >= 0.6 is 11.6 Å². The van der Waals surface area contributed by atoms with Crippen LogP contribution in [0.3, 0.4) is 0 Å². The number of rotatable bonds is 3. The van der Waals surface area contributed by atoms with Crippen LogP contribution in [0.15, 0.2) is 48.9 Å². The number of aryl methyl sites for hydroxylation is 1. The molecule has 1 aromatic carbocycles. The van der Waals surface area contributed by atoms with Crippen molar-refractivity contribution >= 4 is 34.3 Å². The number of hydrogen-bond donors (Lipinski definition) is 0. The Morgan fingerprint density at radius 2 is 1.62 bits per heavy atom. The van der Waals surface area contributed by atoms with Crippen molar-refractivity contribution in [2.45, 2.75) is 6.92 Å². The van der Waals surface area contributed by atoms with Crippen molar-refractivity contribution in [1.82, 2.24) is 29.7 Å². The Balaban J connectivity index is 1.33. The first-order valence-electron chi connectivity index (χ1n) is 9.44. The fourth-order valence-electron chi connectivity index (χ4n) is 3.51. The van der Waals surface area contributed by atoms with E-state index in [1.165, 1.54) is 0 Å². The SMILES string of the molecule is Cc1nc(N2CCN(c3cnc4cc(Cl)ccc4n3)CC2)cc(-n2cccn2)n1. The minimum Gasteiger partial charge on any atom is -0.353 e. The van der Waals surface area contributed by atoms with E-state index in [2.05, 4.69) is 29.9 Å². The normalized spacial score (nSPS) is 14.6. The molecule has 0 radical (unpaired) electrons. The monoisotopic (exact) mass is 406 g/mol. The molecule has 0 spiro atoms. The van der Waals surface area contributed by atoms with Gasteiger partial charge in [0.1, 0.15) is 17.5 Å². The molecule has 5 rings (SSSR count). The van der Waals surface area contributed by atoms with Gasteiger partial charge in [-0.3, -0.25) is 4.98 Å². The van der Waals surface area contributed by atoms with E-state index in [0.717, 1.165) is 60.5 Å². The quantitative estimate of drug-likeness (QED) is 0.517. The topological polar surface area (TPSA) is 75.9 Å². The second-order valence-corrected chi connectivity index (χ2v) is 7.35. The van der Waals surface area contributed by atoms with Crippen LogP contribution in [0.5, 0.6) is 0 Å². The highest BCUT2D eigenvalue weighted by atomic mass is 35.5. The summed E-state index contributed by atoms with van der Waals surface area (Å²) in [6, 6.07) is 9.45. The van der Waals surface area contributed by atoms with Crippen LogP contribution in [0.25, 0.3) is 16.9 Å². The van der Waals surface area contributed by atoms with Crippen molar-refractivity contribution in [2.75, 3.05) is 36.0 Å². The molecule has 0 atom stereocenters. The highest BCUT2D eigenvalue weighted by Gasteiger charge is 2.21. The van der Waals surface area contributed by atoms with Gasteiger partial charge in [-0.1, -0.05) is 11.6 Å². The molecule has 0 amide bonds. The van der Waals surface area contributed by atoms with Crippen LogP contribution in [0.4, 0.5) is 11.6 Å². The Labute approximate surface area is 172 Å². The van der Waals surface area contributed by atoms with E-state index in [9.17, 15) is 0 Å². The molecule has 9 heteroatoms. The first-order chi connectivity index (χ1) is 14.2. The van der Waals surface area contributed by atoms with Crippen molar-refractivity contribution in [3.05, 3.63) is 59.8 Å². The van der Waals surface area contributed by atoms with Crippen LogP contribution in [-0.4, -0.2) is 55.9 Å². The molecular formula is C20H19ClN8. The zero-order valence-corrected chi connectivity index (χ0v) is 16.7. The lowest BCUT2D eigenvalue weighted by Gasteiger charge is -2.36. The Hall–Kier alpha value is -3.26. The summed E-state index contributed by atoms with van der Waals surface area (Å²) in [5.41, 5.74) is 1.66. The highest BCUT2D eigenvalue weighted by molar-refractivity contribution is 6.31. The molecule has 1 fully saturated rings. The first-order valence-corrected chi connectivity index (χ1v) is 9.81. The first kappa shape index (κ1) is 17.8. The zero-order chi connectivity index (χ0) is 19.8. The molecule has 1 saturated heterocycles. The number of piperazine rings is 1. The van der Waals surface area contributed by atoms with Crippen LogP contribution in [0.1, 0.15) is 5.82 Å². The van der Waals surface area contributed by atoms with Crippen molar-refractivity contribution in [1.29, 1.82) is 0 Å². The maximum Gasteiger partial charge on any atom is 0.159 e. The summed E-state index contributed by atoms with van der Waals surface area (Å²) in [6.45, 7) is 5.27. The predicted octanol–water partition coefficient (Wildman–Crippen LogP) is 2.89. The molecule has 1 aliphatic heterocycles. The maximum atomic E-state index is 6.04. The van der Waals surface area contributed by atoms with Crippen molar-refractivity contribution in [3.63, 3.8) is 0 Å². The van der Waals surface area contributed by atoms with E-state index >= 15 is 0 Å². The number of anilines is 2. The molecule has 29 heavy (non-hydrogen) atoms. The molecule has 0 aliphatic carbocycles. The van der Waals surface area contributed by atoms with E-state index in [1.54, 1.807) is 10.9 Å². The summed E-state index contributed by atoms with van der Waals surface area (Å²) in [5.74, 6) is 3.31. The fraction of sp³-hybridized carbons (Fsp3) is 0.250. The summed E-state index contributed by atoms with van der Waals surface area (Å²) in [4.78, 5) is 22.9. The predicted molar refractivity (Wildman–Crippen MR) is 113 cm³/mol. The third-order valence-electron chi connectivity index (χ3n) is 4.97. The van der Waals surface area contributed by atoms with Gasteiger partial charge in [0.05, 0.1) is 17.2 Å². The molecule has 3 aromatic heterocycles. The average molecular weight is 407 g/mol. The van der Waals surface area contributed by atoms with Crippen LogP contribution < -0.4 is 9.80 Å². The average Bonchev–Trinajstić information content (AvgIpc) is 3.28. The van der Waals surface area contributed by atoms with Gasteiger partial charge in [0.25, 0.3) is 0 Å². The fourth-order valence-corrected chi connectivity index (χ4v) is 3.68. The molecular weight excluding hydrogens is 388 g/mol. The minimum absolute atomic E-state index is 0.669. The second-order valence-electron chi connectivity index (χ2n) is 6.92. The third kappa shape index (κ3) is 3.58. The summed E-state index contributed by atoms with van der Waals surface area (Å²) in [6.07, 6.45) is 5.45. The van der Waals surface area contributed by atoms with Crippen molar-refractivity contribution < 1.29 is 0 Å². The number of nitrogens with zero attached hydrogens (tertiary/aromatic N) is 8. The van der Waals surface area contributed by atoms with E-state index in [1.807, 2.05) is 49.6 Å². The van der Waals surface area contributed by atoms with E-state index in [0.29, 0.717) is 5.02 Å². The standard InChI is InChI=1S/C20H19ClN8/c1-14-24-18(12-19(25-14)29-6-2-5-23-29)27-7-9-28(10-8-27)20-13-22-17-11-15(21)3-4-16(17)26-20/h2-6,11-13H,7-10H2,1H3. The van der Waals surface area contributed by atoms with Gasteiger partial charge < -0.3 is 9.80 Å². The molecule has 4 aromatic rings. The summed E-state index contributed by atoms with van der Waals surface area (Å²) in [5, 5.41) is 4.94. The lowest BCUT2D eigenvalue weighted by molar-refractivity contribution is 0.639. The van der Waals surface area contributed by atoms with E-state index in [-0.39, 0.29) is 0 Å². The Morgan fingerprint density at radius 1 is 0.862 bits per heavy atom. The lowest BCUT2D eigenvalue weighted by atomic mass is 10.3. The summed E-state index contributed by atoms with van der Waals surface area (Å²) >= 11 is 6.04. The van der Waals surface area contributed by atoms with Gasteiger partial charge >= 0.3 is 0 Å². The number of aromatic nitrogens is 6. The van der Waals surface area contributed by atoms with Gasteiger partial charge in [-0.2, -0.15) is 5.10 Å². The van der Waals surface area contributed by atoms with Gasteiger partial charge in [-0.15, -0.1) is 0 Å². The molecule has 8 nitrogen and oxygen atoms in total. The zero-order valence-electron chi connectivity index (χ0n) is 15.9. The van der Waals surface area contributed by atoms with Gasteiger partial charge in [0.2, 0.25) is 0 Å². The van der Waals surface area contributed by atoms with Gasteiger partial charge in [0, 0.05) is 49.7 Å². The van der Waals surface area contributed by atoms with Crippen molar-refractivity contribution in [2.24, 2.45) is 0 Å². The highest BCUT2D eigenvalue weighted by Crippen LogP contribution is 2.22. The van der Waals surface area contributed by atoms with Crippen molar-refractivity contribution in [3.8, 4) is 5.82 Å². The van der Waals surface area contributed by atoms with Gasteiger partial charge in [-0.25, -0.2) is 19.6 Å². The van der Waals surface area contributed by atoms with Crippen LogP contribution in [0, 0.1) is 6.92 Å². The molecule has 0 saturated carbocycles.